The van der Waals surface area contributed by atoms with Gasteiger partial charge in [-0.15, -0.1) is 6.58 Å². The van der Waals surface area contributed by atoms with Gasteiger partial charge in [-0.2, -0.15) is 0 Å². The van der Waals surface area contributed by atoms with Crippen molar-refractivity contribution < 1.29 is 4.79 Å². The quantitative estimate of drug-likeness (QED) is 0.522. The topological polar surface area (TPSA) is 68.9 Å². The third-order valence-corrected chi connectivity index (χ3v) is 5.52. The van der Waals surface area contributed by atoms with E-state index in [2.05, 4.69) is 30.7 Å². The number of carbonyl (C=O) groups is 1. The lowest BCUT2D eigenvalue weighted by Gasteiger charge is -2.15. The molecule has 0 fully saturated rings. The van der Waals surface area contributed by atoms with Gasteiger partial charge in [0.15, 0.2) is 9.60 Å². The smallest absolute Gasteiger partial charge is 0.273 e. The van der Waals surface area contributed by atoms with Gasteiger partial charge in [0.1, 0.15) is 17.6 Å². The summed E-state index contributed by atoms with van der Waals surface area (Å²) in [6, 6.07) is 0.0874. The predicted molar refractivity (Wildman–Crippen MR) is 109 cm³/mol. The van der Waals surface area contributed by atoms with Crippen LogP contribution in [0.2, 0.25) is 0 Å². The molecule has 6 nitrogen and oxygen atoms in total. The molecule has 0 spiro atoms. The number of allylic oxidation sites excluding steroid dienone is 1. The first-order valence-corrected chi connectivity index (χ1v) is 10.0. The summed E-state index contributed by atoms with van der Waals surface area (Å²) >= 11 is 6.51. The minimum atomic E-state index is -0.239. The fourth-order valence-corrected chi connectivity index (χ4v) is 4.07. The van der Waals surface area contributed by atoms with Crippen LogP contribution in [-0.2, 0) is 17.9 Å². The lowest BCUT2D eigenvalue weighted by atomic mass is 10.0. The molecular formula is C18H26N4O2S2. The number of nitrogens with zero attached hydrogens (tertiary/aromatic N) is 3. The summed E-state index contributed by atoms with van der Waals surface area (Å²) < 4.78 is 4.15. The summed E-state index contributed by atoms with van der Waals surface area (Å²) in [5.74, 6) is 0.484. The average Bonchev–Trinajstić information content (AvgIpc) is 2.87. The van der Waals surface area contributed by atoms with Gasteiger partial charge in [0.05, 0.1) is 0 Å². The van der Waals surface area contributed by atoms with E-state index in [0.29, 0.717) is 26.8 Å². The minimum Gasteiger partial charge on any atom is -0.352 e. The molecular weight excluding hydrogens is 368 g/mol. The van der Waals surface area contributed by atoms with Crippen LogP contribution in [0.4, 0.5) is 0 Å². The Hall–Kier alpha value is -1.80. The number of hydrogen-bond acceptors (Lipinski definition) is 5. The van der Waals surface area contributed by atoms with Crippen molar-refractivity contribution in [2.45, 2.75) is 59.2 Å². The molecule has 26 heavy (non-hydrogen) atoms. The Labute approximate surface area is 162 Å². The van der Waals surface area contributed by atoms with E-state index in [-0.39, 0.29) is 24.1 Å². The summed E-state index contributed by atoms with van der Waals surface area (Å²) in [6.07, 6.45) is 6.28. The Morgan fingerprint density at radius 1 is 1.42 bits per heavy atom. The van der Waals surface area contributed by atoms with Crippen LogP contribution in [0, 0.1) is 9.87 Å². The third kappa shape index (κ3) is 5.11. The molecule has 0 aliphatic heterocycles. The number of amides is 1. The molecule has 1 amide bonds. The molecule has 142 valence electrons. The van der Waals surface area contributed by atoms with Crippen molar-refractivity contribution in [2.75, 3.05) is 0 Å². The maximum Gasteiger partial charge on any atom is 0.273 e. The van der Waals surface area contributed by atoms with Gasteiger partial charge in [-0.25, -0.2) is 4.98 Å². The number of fused-ring (bicyclic) bond motifs is 1. The zero-order valence-corrected chi connectivity index (χ0v) is 17.2. The number of nitrogens with one attached hydrogen (secondary N) is 1. The van der Waals surface area contributed by atoms with Crippen LogP contribution in [0.25, 0.3) is 10.3 Å². The molecule has 0 saturated heterocycles. The van der Waals surface area contributed by atoms with Gasteiger partial charge in [-0.3, -0.25) is 14.2 Å². The lowest BCUT2D eigenvalue weighted by Crippen LogP contribution is -2.37. The summed E-state index contributed by atoms with van der Waals surface area (Å²) in [5.41, 5.74) is 0.306. The largest absolute Gasteiger partial charge is 0.352 e. The van der Waals surface area contributed by atoms with Crippen molar-refractivity contribution in [3.8, 4) is 0 Å². The Balaban J connectivity index is 2.07. The molecule has 2 rings (SSSR count). The lowest BCUT2D eigenvalue weighted by molar-refractivity contribution is -0.122. The van der Waals surface area contributed by atoms with Gasteiger partial charge >= 0.3 is 0 Å². The van der Waals surface area contributed by atoms with E-state index < -0.39 is 0 Å². The van der Waals surface area contributed by atoms with Crippen molar-refractivity contribution in [3.05, 3.63) is 33.3 Å². The van der Waals surface area contributed by atoms with Crippen LogP contribution in [0.15, 0.2) is 23.8 Å². The summed E-state index contributed by atoms with van der Waals surface area (Å²) in [7, 11) is 0. The molecule has 2 heterocycles. The van der Waals surface area contributed by atoms with Crippen molar-refractivity contribution in [3.63, 3.8) is 0 Å². The van der Waals surface area contributed by atoms with Crippen LogP contribution < -0.4 is 10.9 Å². The van der Waals surface area contributed by atoms with E-state index in [0.717, 1.165) is 19.3 Å². The SMILES string of the molecule is C=CCn1c(=S)sc2c(=O)n(CC(=O)NC(C)CCCC(C)C)cnc21. The molecule has 0 saturated carbocycles. The molecule has 2 aromatic heterocycles. The van der Waals surface area contributed by atoms with Crippen LogP contribution >= 0.6 is 23.6 Å². The van der Waals surface area contributed by atoms with Crippen molar-refractivity contribution in [1.82, 2.24) is 19.4 Å². The molecule has 1 N–H and O–H groups in total. The maximum atomic E-state index is 12.6. The standard InChI is InChI=1S/C18H26N4O2S2/c1-5-9-22-16-15(26-18(22)25)17(24)21(11-19-16)10-14(23)20-13(4)8-6-7-12(2)3/h5,11-13H,1,6-10H2,2-4H3,(H,20,23). The second kappa shape index (κ2) is 9.23. The molecule has 0 aromatic carbocycles. The highest BCUT2D eigenvalue weighted by molar-refractivity contribution is 7.73. The van der Waals surface area contributed by atoms with Gasteiger partial charge in [0.2, 0.25) is 5.91 Å². The third-order valence-electron chi connectivity index (χ3n) is 4.09. The van der Waals surface area contributed by atoms with Gasteiger partial charge < -0.3 is 9.88 Å². The summed E-state index contributed by atoms with van der Waals surface area (Å²) in [5, 5.41) is 2.95. The molecule has 0 radical (unpaired) electrons. The second-order valence-electron chi connectivity index (χ2n) is 6.89. The van der Waals surface area contributed by atoms with E-state index in [1.54, 1.807) is 10.6 Å². The molecule has 1 atom stereocenters. The van der Waals surface area contributed by atoms with Gasteiger partial charge in [-0.05, 0) is 31.5 Å². The van der Waals surface area contributed by atoms with E-state index >= 15 is 0 Å². The molecule has 0 aliphatic carbocycles. The number of carbonyl (C=O) groups excluding carboxylic acids is 1. The number of thiazole rings is 1. The fourth-order valence-electron chi connectivity index (χ4n) is 2.75. The first-order chi connectivity index (χ1) is 12.3. The van der Waals surface area contributed by atoms with E-state index in [4.69, 9.17) is 12.2 Å². The van der Waals surface area contributed by atoms with E-state index in [9.17, 15) is 9.59 Å². The Morgan fingerprint density at radius 2 is 2.15 bits per heavy atom. The zero-order chi connectivity index (χ0) is 19.3. The zero-order valence-electron chi connectivity index (χ0n) is 15.5. The fraction of sp³-hybridized carbons (Fsp3) is 0.556. The number of rotatable bonds is 9. The highest BCUT2D eigenvalue weighted by atomic mass is 32.1. The van der Waals surface area contributed by atoms with Crippen molar-refractivity contribution in [2.24, 2.45) is 5.92 Å². The first-order valence-electron chi connectivity index (χ1n) is 8.82. The highest BCUT2D eigenvalue weighted by Crippen LogP contribution is 2.17. The average molecular weight is 395 g/mol. The van der Waals surface area contributed by atoms with E-state index in [1.807, 2.05) is 6.92 Å². The predicted octanol–water partition coefficient (Wildman–Crippen LogP) is 3.51. The van der Waals surface area contributed by atoms with Crippen molar-refractivity contribution >= 4 is 39.8 Å². The van der Waals surface area contributed by atoms with Crippen LogP contribution in [-0.4, -0.2) is 26.1 Å². The summed E-state index contributed by atoms with van der Waals surface area (Å²) in [4.78, 5) is 29.2. The van der Waals surface area contributed by atoms with Gasteiger partial charge in [0, 0.05) is 12.6 Å². The molecule has 0 bridgehead atoms. The molecule has 2 aromatic rings. The minimum absolute atomic E-state index is 0.0393. The molecule has 1 unspecified atom stereocenters. The normalized spacial score (nSPS) is 12.5. The van der Waals surface area contributed by atoms with Crippen LogP contribution in [0.3, 0.4) is 0 Å². The maximum absolute atomic E-state index is 12.6. The van der Waals surface area contributed by atoms with Crippen molar-refractivity contribution in [1.29, 1.82) is 0 Å². The Kier molecular flexibility index (Phi) is 7.28. The van der Waals surface area contributed by atoms with Gasteiger partial charge in [-0.1, -0.05) is 44.1 Å². The van der Waals surface area contributed by atoms with Crippen LogP contribution in [0.1, 0.15) is 40.0 Å². The molecule has 8 heteroatoms. The summed E-state index contributed by atoms with van der Waals surface area (Å²) in [6.45, 7) is 10.5. The van der Waals surface area contributed by atoms with Gasteiger partial charge in [0.25, 0.3) is 5.56 Å². The Morgan fingerprint density at radius 3 is 2.81 bits per heavy atom. The molecule has 0 aliphatic rings. The van der Waals surface area contributed by atoms with Crippen LogP contribution in [0.5, 0.6) is 0 Å². The number of aromatic nitrogens is 3. The Bertz CT molecular complexity index is 895. The highest BCUT2D eigenvalue weighted by Gasteiger charge is 2.14. The monoisotopic (exact) mass is 394 g/mol. The number of hydrogen-bond donors (Lipinski definition) is 1. The second-order valence-corrected chi connectivity index (χ2v) is 8.54. The van der Waals surface area contributed by atoms with E-state index in [1.165, 1.54) is 22.2 Å². The first kappa shape index (κ1) is 20.5.